The molecular weight excluding hydrogens is 408 g/mol. The van der Waals surface area contributed by atoms with E-state index in [4.69, 9.17) is 0 Å². The molecule has 1 saturated carbocycles. The van der Waals surface area contributed by atoms with Gasteiger partial charge in [0.2, 0.25) is 0 Å². The quantitative estimate of drug-likeness (QED) is 0.266. The number of benzene rings is 5. The first-order chi connectivity index (χ1) is 16.1. The van der Waals surface area contributed by atoms with Crippen molar-refractivity contribution >= 4 is 32.3 Å². The van der Waals surface area contributed by atoms with E-state index in [2.05, 4.69) is 48.5 Å². The maximum absolute atomic E-state index is 11.1. The topological polar surface area (TPSA) is 60.7 Å². The zero-order valence-corrected chi connectivity index (χ0v) is 18.5. The lowest BCUT2D eigenvalue weighted by Gasteiger charge is -2.27. The highest BCUT2D eigenvalue weighted by atomic mass is 16.3. The summed E-state index contributed by atoms with van der Waals surface area (Å²) in [6.45, 7) is 0. The number of aliphatic hydroxyl groups excluding tert-OH is 2. The van der Waals surface area contributed by atoms with Crippen molar-refractivity contribution in [3.63, 3.8) is 0 Å². The zero-order chi connectivity index (χ0) is 22.5. The lowest BCUT2D eigenvalue weighted by atomic mass is 9.81. The third-order valence-corrected chi connectivity index (χ3v) is 7.54. The molecule has 5 aromatic rings. The molecule has 1 aliphatic rings. The summed E-state index contributed by atoms with van der Waals surface area (Å²) in [5.74, 6) is 0.547. The largest absolute Gasteiger partial charge is 0.508 e. The molecule has 0 radical (unpaired) electrons. The fraction of sp³-hybridized carbons (Fsp3) is 0.267. The van der Waals surface area contributed by atoms with Crippen molar-refractivity contribution in [3.8, 4) is 5.75 Å². The Kier molecular flexibility index (Phi) is 4.97. The first-order valence-corrected chi connectivity index (χ1v) is 12.0. The summed E-state index contributed by atoms with van der Waals surface area (Å²) in [7, 11) is 0. The lowest BCUT2D eigenvalue weighted by Crippen LogP contribution is -2.15. The van der Waals surface area contributed by atoms with Gasteiger partial charge in [0, 0.05) is 0 Å². The molecular formula is C30H28O3. The molecule has 33 heavy (non-hydrogen) atoms. The SMILES string of the molecule is Oc1ccc(C(O)c2cc3ccc4cc(C(O)C5CCCCC5)cc5ccc(c2)c3c45)cc1. The Balaban J connectivity index is 1.45. The van der Waals surface area contributed by atoms with Crippen LogP contribution in [-0.2, 0) is 0 Å². The van der Waals surface area contributed by atoms with Gasteiger partial charge in [0.1, 0.15) is 11.9 Å². The standard InChI is InChI=1S/C30H28O3/c31-26-12-10-19(11-13-26)30(33)25-16-22-8-6-20-14-24(29(32)18-4-2-1-3-5-18)15-21-7-9-23(17-25)28(22)27(20)21/h6-18,29-33H,1-5H2. The summed E-state index contributed by atoms with van der Waals surface area (Å²) in [5, 5.41) is 38.6. The first-order valence-electron chi connectivity index (χ1n) is 12.0. The summed E-state index contributed by atoms with van der Waals surface area (Å²) in [6.07, 6.45) is 4.77. The van der Waals surface area contributed by atoms with E-state index in [1.165, 1.54) is 30.0 Å². The zero-order valence-electron chi connectivity index (χ0n) is 18.5. The second kappa shape index (κ2) is 8.02. The van der Waals surface area contributed by atoms with Gasteiger partial charge in [-0.3, -0.25) is 0 Å². The van der Waals surface area contributed by atoms with Crippen LogP contribution in [-0.4, -0.2) is 15.3 Å². The third kappa shape index (κ3) is 3.52. The van der Waals surface area contributed by atoms with E-state index in [1.54, 1.807) is 24.3 Å². The van der Waals surface area contributed by atoms with E-state index in [-0.39, 0.29) is 5.75 Å². The molecule has 3 N–H and O–H groups in total. The molecule has 1 fully saturated rings. The van der Waals surface area contributed by atoms with Crippen LogP contribution in [0.2, 0.25) is 0 Å². The highest BCUT2D eigenvalue weighted by Crippen LogP contribution is 2.41. The molecule has 3 nitrogen and oxygen atoms in total. The summed E-state index contributed by atoms with van der Waals surface area (Å²) in [4.78, 5) is 0. The van der Waals surface area contributed by atoms with E-state index >= 15 is 0 Å². The van der Waals surface area contributed by atoms with Gasteiger partial charge in [-0.2, -0.15) is 0 Å². The van der Waals surface area contributed by atoms with Gasteiger partial charge in [-0.15, -0.1) is 0 Å². The lowest BCUT2D eigenvalue weighted by molar-refractivity contribution is 0.0850. The highest BCUT2D eigenvalue weighted by molar-refractivity contribution is 6.23. The van der Waals surface area contributed by atoms with E-state index in [9.17, 15) is 15.3 Å². The fourth-order valence-corrected chi connectivity index (χ4v) is 5.79. The van der Waals surface area contributed by atoms with Crippen molar-refractivity contribution in [1.29, 1.82) is 0 Å². The monoisotopic (exact) mass is 436 g/mol. The van der Waals surface area contributed by atoms with Crippen molar-refractivity contribution in [2.24, 2.45) is 5.92 Å². The molecule has 0 heterocycles. The van der Waals surface area contributed by atoms with Crippen LogP contribution in [0.3, 0.4) is 0 Å². The predicted octanol–water partition coefficient (Wildman–Crippen LogP) is 6.99. The van der Waals surface area contributed by atoms with Crippen LogP contribution in [0.15, 0.2) is 72.8 Å². The molecule has 3 heteroatoms. The Hall–Kier alpha value is -3.14. The number of aromatic hydroxyl groups is 1. The minimum atomic E-state index is -0.759. The number of phenolic OH excluding ortho intramolecular Hbond substituents is 1. The van der Waals surface area contributed by atoms with Crippen molar-refractivity contribution in [2.45, 2.75) is 44.3 Å². The van der Waals surface area contributed by atoms with E-state index < -0.39 is 12.2 Å². The number of hydrogen-bond donors (Lipinski definition) is 3. The highest BCUT2D eigenvalue weighted by Gasteiger charge is 2.24. The second-order valence-electron chi connectivity index (χ2n) is 9.65. The molecule has 0 aromatic heterocycles. The summed E-state index contributed by atoms with van der Waals surface area (Å²) >= 11 is 0. The predicted molar refractivity (Wildman–Crippen MR) is 134 cm³/mol. The van der Waals surface area contributed by atoms with Gasteiger partial charge in [-0.25, -0.2) is 0 Å². The van der Waals surface area contributed by atoms with E-state index in [1.807, 2.05) is 0 Å². The van der Waals surface area contributed by atoms with Crippen LogP contribution in [0.1, 0.15) is 61.0 Å². The molecule has 2 atom stereocenters. The van der Waals surface area contributed by atoms with E-state index in [0.717, 1.165) is 51.1 Å². The molecule has 6 rings (SSSR count). The maximum atomic E-state index is 11.1. The molecule has 2 unspecified atom stereocenters. The minimum Gasteiger partial charge on any atom is -0.508 e. The second-order valence-corrected chi connectivity index (χ2v) is 9.65. The van der Waals surface area contributed by atoms with Gasteiger partial charge < -0.3 is 15.3 Å². The van der Waals surface area contributed by atoms with Crippen LogP contribution in [0.4, 0.5) is 0 Å². The molecule has 0 aliphatic heterocycles. The van der Waals surface area contributed by atoms with Crippen LogP contribution < -0.4 is 0 Å². The molecule has 0 spiro atoms. The molecule has 166 valence electrons. The summed E-state index contributed by atoms with van der Waals surface area (Å²) in [5.41, 5.74) is 2.61. The Labute approximate surface area is 193 Å². The molecule has 0 saturated heterocycles. The van der Waals surface area contributed by atoms with Crippen LogP contribution in [0.5, 0.6) is 5.75 Å². The number of phenols is 1. The summed E-state index contributed by atoms with van der Waals surface area (Å²) in [6, 6.07) is 23.7. The first kappa shape index (κ1) is 20.5. The van der Waals surface area contributed by atoms with Crippen LogP contribution >= 0.6 is 0 Å². The molecule has 0 amide bonds. The number of hydrogen-bond acceptors (Lipinski definition) is 3. The number of rotatable bonds is 4. The van der Waals surface area contributed by atoms with E-state index in [0.29, 0.717) is 5.92 Å². The molecule has 1 aliphatic carbocycles. The maximum Gasteiger partial charge on any atom is 0.115 e. The van der Waals surface area contributed by atoms with Gasteiger partial charge in [0.25, 0.3) is 0 Å². The number of aliphatic hydroxyl groups is 2. The molecule has 5 aromatic carbocycles. The Bertz CT molecular complexity index is 1360. The summed E-state index contributed by atoms with van der Waals surface area (Å²) < 4.78 is 0. The Morgan fingerprint density at radius 3 is 1.58 bits per heavy atom. The molecule has 0 bridgehead atoms. The average molecular weight is 437 g/mol. The van der Waals surface area contributed by atoms with Crippen LogP contribution in [0, 0.1) is 5.92 Å². The van der Waals surface area contributed by atoms with Gasteiger partial charge in [0.15, 0.2) is 0 Å². The van der Waals surface area contributed by atoms with Gasteiger partial charge in [0.05, 0.1) is 6.10 Å². The Morgan fingerprint density at radius 1 is 0.576 bits per heavy atom. The van der Waals surface area contributed by atoms with Gasteiger partial charge in [-0.05, 0) is 104 Å². The smallest absolute Gasteiger partial charge is 0.115 e. The Morgan fingerprint density at radius 2 is 1.06 bits per heavy atom. The average Bonchev–Trinajstić information content (AvgIpc) is 2.87. The van der Waals surface area contributed by atoms with Crippen molar-refractivity contribution in [3.05, 3.63) is 89.5 Å². The van der Waals surface area contributed by atoms with Crippen molar-refractivity contribution in [1.82, 2.24) is 0 Å². The van der Waals surface area contributed by atoms with Crippen LogP contribution in [0.25, 0.3) is 32.3 Å². The van der Waals surface area contributed by atoms with Crippen molar-refractivity contribution in [2.75, 3.05) is 0 Å². The van der Waals surface area contributed by atoms with Gasteiger partial charge >= 0.3 is 0 Å². The third-order valence-electron chi connectivity index (χ3n) is 7.54. The normalized spacial score (nSPS) is 17.2. The van der Waals surface area contributed by atoms with Crippen molar-refractivity contribution < 1.29 is 15.3 Å². The fourth-order valence-electron chi connectivity index (χ4n) is 5.79. The minimum absolute atomic E-state index is 0.189. The van der Waals surface area contributed by atoms with Gasteiger partial charge in [-0.1, -0.05) is 55.7 Å².